The van der Waals surface area contributed by atoms with Gasteiger partial charge in [-0.15, -0.1) is 0 Å². The summed E-state index contributed by atoms with van der Waals surface area (Å²) in [6, 6.07) is 8.86. The molecule has 1 aromatic carbocycles. The molecule has 1 aromatic heterocycles. The van der Waals surface area contributed by atoms with Crippen LogP contribution in [0.2, 0.25) is 0 Å². The molecule has 0 spiro atoms. The van der Waals surface area contributed by atoms with Gasteiger partial charge in [0.05, 0.1) is 11.4 Å². The molecule has 0 fully saturated rings. The highest BCUT2D eigenvalue weighted by Gasteiger charge is 2.22. The number of benzene rings is 1. The Kier molecular flexibility index (Phi) is 5.30. The molecule has 0 aliphatic heterocycles. The molecule has 0 aliphatic rings. The summed E-state index contributed by atoms with van der Waals surface area (Å²) in [4.78, 5) is 8.85. The van der Waals surface area contributed by atoms with E-state index in [0.717, 1.165) is 24.5 Å². The lowest BCUT2D eigenvalue weighted by Crippen LogP contribution is -2.33. The highest BCUT2D eigenvalue weighted by Crippen LogP contribution is 2.20. The van der Waals surface area contributed by atoms with Crippen LogP contribution in [0.1, 0.15) is 56.1 Å². The molecule has 118 valence electrons. The van der Waals surface area contributed by atoms with E-state index in [-0.39, 0.29) is 5.41 Å². The van der Waals surface area contributed by atoms with Crippen molar-refractivity contribution >= 4 is 0 Å². The summed E-state index contributed by atoms with van der Waals surface area (Å²) in [7, 11) is 0. The third kappa shape index (κ3) is 4.38. The zero-order valence-electron chi connectivity index (χ0n) is 14.4. The minimum atomic E-state index is -0.0309. The first-order chi connectivity index (χ1) is 10.4. The summed E-state index contributed by atoms with van der Waals surface area (Å²) < 4.78 is 0. The second kappa shape index (κ2) is 7.01. The van der Waals surface area contributed by atoms with Crippen molar-refractivity contribution in [2.75, 3.05) is 6.54 Å². The van der Waals surface area contributed by atoms with E-state index in [4.69, 9.17) is 0 Å². The summed E-state index contributed by atoms with van der Waals surface area (Å²) in [6.45, 7) is 12.6. The summed E-state index contributed by atoms with van der Waals surface area (Å²) in [6.07, 6.45) is 3.66. The van der Waals surface area contributed by atoms with E-state index in [0.29, 0.717) is 5.92 Å². The molecule has 3 nitrogen and oxygen atoms in total. The van der Waals surface area contributed by atoms with E-state index in [1.54, 1.807) is 6.20 Å². The Labute approximate surface area is 134 Å². The van der Waals surface area contributed by atoms with E-state index in [2.05, 4.69) is 67.2 Å². The van der Waals surface area contributed by atoms with E-state index < -0.39 is 0 Å². The zero-order valence-corrected chi connectivity index (χ0v) is 14.4. The molecule has 2 aromatic rings. The average Bonchev–Trinajstić information content (AvgIpc) is 2.47. The van der Waals surface area contributed by atoms with Crippen LogP contribution in [-0.2, 0) is 12.0 Å². The molecule has 0 unspecified atom stereocenters. The second-order valence-electron chi connectivity index (χ2n) is 6.93. The van der Waals surface area contributed by atoms with Gasteiger partial charge in [-0.25, -0.2) is 0 Å². The Morgan fingerprint density at radius 1 is 1.09 bits per heavy atom. The van der Waals surface area contributed by atoms with Crippen LogP contribution < -0.4 is 5.32 Å². The normalized spacial score (nSPS) is 11.9. The molecule has 0 atom stereocenters. The Balaban J connectivity index is 1.92. The highest BCUT2D eigenvalue weighted by molar-refractivity contribution is 5.24. The van der Waals surface area contributed by atoms with Crippen LogP contribution in [0.3, 0.4) is 0 Å². The number of hydrogen-bond donors (Lipinski definition) is 1. The van der Waals surface area contributed by atoms with E-state index >= 15 is 0 Å². The molecule has 22 heavy (non-hydrogen) atoms. The van der Waals surface area contributed by atoms with Crippen LogP contribution >= 0.6 is 0 Å². The fourth-order valence-corrected chi connectivity index (χ4v) is 2.42. The molecular weight excluding hydrogens is 270 g/mol. The van der Waals surface area contributed by atoms with Gasteiger partial charge >= 0.3 is 0 Å². The number of nitrogens with zero attached hydrogens (tertiary/aromatic N) is 2. The van der Waals surface area contributed by atoms with Gasteiger partial charge in [-0.2, -0.15) is 0 Å². The lowest BCUT2D eigenvalue weighted by molar-refractivity contribution is 0.454. The molecule has 1 N–H and O–H groups in total. The van der Waals surface area contributed by atoms with Crippen molar-refractivity contribution < 1.29 is 0 Å². The molecule has 2 rings (SSSR count). The standard InChI is InChI=1S/C19H27N3/c1-14(2)17-8-6-16(7-9-17)11-21-13-19(4,5)18-12-20-10-15(3)22-18/h6-10,12,14,21H,11,13H2,1-5H3. The largest absolute Gasteiger partial charge is 0.312 e. The molecule has 1 heterocycles. The third-order valence-electron chi connectivity index (χ3n) is 3.99. The molecule has 0 saturated heterocycles. The molecule has 0 saturated carbocycles. The van der Waals surface area contributed by atoms with Crippen molar-refractivity contribution in [3.05, 3.63) is 59.2 Å². The van der Waals surface area contributed by atoms with Crippen molar-refractivity contribution in [1.82, 2.24) is 15.3 Å². The molecule has 0 bridgehead atoms. The van der Waals surface area contributed by atoms with E-state index in [9.17, 15) is 0 Å². The van der Waals surface area contributed by atoms with Gasteiger partial charge in [0.25, 0.3) is 0 Å². The van der Waals surface area contributed by atoms with Gasteiger partial charge < -0.3 is 5.32 Å². The van der Waals surface area contributed by atoms with Crippen molar-refractivity contribution in [2.24, 2.45) is 0 Å². The predicted octanol–water partition coefficient (Wildman–Crippen LogP) is 3.98. The van der Waals surface area contributed by atoms with Crippen LogP contribution in [0.4, 0.5) is 0 Å². The van der Waals surface area contributed by atoms with Gasteiger partial charge in [0.15, 0.2) is 0 Å². The lowest BCUT2D eigenvalue weighted by Gasteiger charge is -2.24. The number of aromatic nitrogens is 2. The van der Waals surface area contributed by atoms with E-state index in [1.807, 2.05) is 13.1 Å². The van der Waals surface area contributed by atoms with Crippen molar-refractivity contribution in [3.63, 3.8) is 0 Å². The third-order valence-corrected chi connectivity index (χ3v) is 3.99. The fraction of sp³-hybridized carbons (Fsp3) is 0.474. The van der Waals surface area contributed by atoms with Gasteiger partial charge in [0, 0.05) is 30.9 Å². The smallest absolute Gasteiger partial charge is 0.0658 e. The molecule has 0 aliphatic carbocycles. The summed E-state index contributed by atoms with van der Waals surface area (Å²) in [5.74, 6) is 0.584. The Bertz CT molecular complexity index is 600. The van der Waals surface area contributed by atoms with Gasteiger partial charge in [-0.05, 0) is 24.0 Å². The topological polar surface area (TPSA) is 37.8 Å². The van der Waals surface area contributed by atoms with Gasteiger partial charge in [0.2, 0.25) is 0 Å². The van der Waals surface area contributed by atoms with Crippen LogP contribution in [0.5, 0.6) is 0 Å². The molecule has 0 radical (unpaired) electrons. The first-order valence-electron chi connectivity index (χ1n) is 7.97. The zero-order chi connectivity index (χ0) is 16.2. The van der Waals surface area contributed by atoms with Crippen LogP contribution in [0, 0.1) is 6.92 Å². The van der Waals surface area contributed by atoms with Crippen molar-refractivity contribution in [2.45, 2.75) is 52.5 Å². The number of nitrogens with one attached hydrogen (secondary N) is 1. The molecule has 3 heteroatoms. The first kappa shape index (κ1) is 16.6. The monoisotopic (exact) mass is 297 g/mol. The maximum Gasteiger partial charge on any atom is 0.0658 e. The minimum Gasteiger partial charge on any atom is -0.312 e. The average molecular weight is 297 g/mol. The lowest BCUT2D eigenvalue weighted by atomic mass is 9.89. The van der Waals surface area contributed by atoms with Crippen LogP contribution in [0.25, 0.3) is 0 Å². The van der Waals surface area contributed by atoms with Crippen molar-refractivity contribution in [3.8, 4) is 0 Å². The molecule has 0 amide bonds. The van der Waals surface area contributed by atoms with Gasteiger partial charge in [-0.1, -0.05) is 52.0 Å². The highest BCUT2D eigenvalue weighted by atomic mass is 14.9. The Morgan fingerprint density at radius 3 is 2.36 bits per heavy atom. The van der Waals surface area contributed by atoms with Crippen LogP contribution in [-0.4, -0.2) is 16.5 Å². The maximum atomic E-state index is 4.60. The van der Waals surface area contributed by atoms with Gasteiger partial charge in [0.1, 0.15) is 0 Å². The number of hydrogen-bond acceptors (Lipinski definition) is 3. The Hall–Kier alpha value is -1.74. The molecular formula is C19H27N3. The fourth-order valence-electron chi connectivity index (χ4n) is 2.42. The second-order valence-corrected chi connectivity index (χ2v) is 6.93. The SMILES string of the molecule is Cc1cncc(C(C)(C)CNCc2ccc(C(C)C)cc2)n1. The maximum absolute atomic E-state index is 4.60. The first-order valence-corrected chi connectivity index (χ1v) is 7.97. The summed E-state index contributed by atoms with van der Waals surface area (Å²) >= 11 is 0. The summed E-state index contributed by atoms with van der Waals surface area (Å²) in [5, 5.41) is 3.54. The number of rotatable bonds is 6. The van der Waals surface area contributed by atoms with Crippen LogP contribution in [0.15, 0.2) is 36.7 Å². The minimum absolute atomic E-state index is 0.0309. The number of aryl methyl sites for hydroxylation is 1. The Morgan fingerprint density at radius 2 is 1.77 bits per heavy atom. The summed E-state index contributed by atoms with van der Waals surface area (Å²) in [5.41, 5.74) is 4.68. The van der Waals surface area contributed by atoms with Crippen molar-refractivity contribution in [1.29, 1.82) is 0 Å². The quantitative estimate of drug-likeness (QED) is 0.876. The van der Waals surface area contributed by atoms with Gasteiger partial charge in [-0.3, -0.25) is 9.97 Å². The predicted molar refractivity (Wildman–Crippen MR) is 92.0 cm³/mol. The van der Waals surface area contributed by atoms with E-state index in [1.165, 1.54) is 11.1 Å².